The molecule has 0 radical (unpaired) electrons. The maximum absolute atomic E-state index is 12.0. The summed E-state index contributed by atoms with van der Waals surface area (Å²) in [6, 6.07) is 0. The van der Waals surface area contributed by atoms with Gasteiger partial charge in [0.1, 0.15) is 5.84 Å². The van der Waals surface area contributed by atoms with Crippen LogP contribution in [0.15, 0.2) is 0 Å². The number of piperazine rings is 1. The van der Waals surface area contributed by atoms with Gasteiger partial charge in [0.05, 0.1) is 5.54 Å². The average molecular weight is 291 g/mol. The van der Waals surface area contributed by atoms with E-state index in [0.717, 1.165) is 6.42 Å². The van der Waals surface area contributed by atoms with Crippen molar-refractivity contribution in [3.8, 4) is 0 Å². The molecule has 0 aliphatic carbocycles. The number of hydrogen-bond donors (Lipinski definition) is 3. The van der Waals surface area contributed by atoms with Gasteiger partial charge in [0, 0.05) is 32.7 Å². The van der Waals surface area contributed by atoms with Gasteiger partial charge in [-0.15, -0.1) is 0 Å². The van der Waals surface area contributed by atoms with Crippen LogP contribution in [0.25, 0.3) is 0 Å². The molecule has 1 aliphatic rings. The molecule has 0 bridgehead atoms. The van der Waals surface area contributed by atoms with Crippen LogP contribution in [0.3, 0.4) is 0 Å². The minimum atomic E-state index is -3.36. The van der Waals surface area contributed by atoms with Gasteiger partial charge < -0.3 is 5.73 Å². The molecule has 0 unspecified atom stereocenters. The van der Waals surface area contributed by atoms with Crippen molar-refractivity contribution < 1.29 is 8.42 Å². The van der Waals surface area contributed by atoms with E-state index in [-0.39, 0.29) is 5.84 Å². The van der Waals surface area contributed by atoms with Gasteiger partial charge in [0.15, 0.2) is 0 Å². The van der Waals surface area contributed by atoms with Crippen LogP contribution in [0.1, 0.15) is 27.2 Å². The number of hydrogen-bond acceptors (Lipinski definition) is 4. The molecular formula is C11H25N5O2S. The number of nitrogens with one attached hydrogen (secondary N) is 2. The molecule has 7 nitrogen and oxygen atoms in total. The van der Waals surface area contributed by atoms with Crippen LogP contribution < -0.4 is 10.5 Å². The summed E-state index contributed by atoms with van der Waals surface area (Å²) in [5.41, 5.74) is 5.06. The minimum Gasteiger partial charge on any atom is -0.386 e. The highest BCUT2D eigenvalue weighted by atomic mass is 32.2. The fourth-order valence-corrected chi connectivity index (χ4v) is 3.27. The van der Waals surface area contributed by atoms with Crippen molar-refractivity contribution in [1.29, 1.82) is 5.41 Å². The SMILES string of the molecule is CCCNS(=O)(=O)N1CCN(C(C)(C)C(=N)N)CC1. The van der Waals surface area contributed by atoms with Crippen molar-refractivity contribution in [1.82, 2.24) is 13.9 Å². The molecule has 8 heteroatoms. The summed E-state index contributed by atoms with van der Waals surface area (Å²) in [5.74, 6) is 0.105. The smallest absolute Gasteiger partial charge is 0.279 e. The molecule has 0 aromatic carbocycles. The Kier molecular flexibility index (Phi) is 5.31. The van der Waals surface area contributed by atoms with Crippen LogP contribution in [0, 0.1) is 5.41 Å². The highest BCUT2D eigenvalue weighted by molar-refractivity contribution is 7.87. The van der Waals surface area contributed by atoms with E-state index in [1.165, 1.54) is 4.31 Å². The zero-order chi connectivity index (χ0) is 14.7. The maximum atomic E-state index is 12.0. The summed E-state index contributed by atoms with van der Waals surface area (Å²) < 4.78 is 27.9. The highest BCUT2D eigenvalue weighted by Gasteiger charge is 2.35. The third-order valence-corrected chi connectivity index (χ3v) is 5.18. The minimum absolute atomic E-state index is 0.105. The molecule has 4 N–H and O–H groups in total. The van der Waals surface area contributed by atoms with Crippen LogP contribution >= 0.6 is 0 Å². The van der Waals surface area contributed by atoms with Crippen molar-refractivity contribution in [3.05, 3.63) is 0 Å². The Balaban J connectivity index is 2.61. The van der Waals surface area contributed by atoms with Crippen LogP contribution in [0.2, 0.25) is 0 Å². The fourth-order valence-electron chi connectivity index (χ4n) is 1.98. The monoisotopic (exact) mass is 291 g/mol. The van der Waals surface area contributed by atoms with Crippen molar-refractivity contribution in [2.45, 2.75) is 32.7 Å². The Bertz CT molecular complexity index is 413. The first-order chi connectivity index (χ1) is 8.71. The molecule has 1 rings (SSSR count). The van der Waals surface area contributed by atoms with Gasteiger partial charge >= 0.3 is 0 Å². The largest absolute Gasteiger partial charge is 0.386 e. The molecule has 1 saturated heterocycles. The lowest BCUT2D eigenvalue weighted by atomic mass is 10.0. The van der Waals surface area contributed by atoms with Gasteiger partial charge in [-0.3, -0.25) is 10.3 Å². The molecule has 1 fully saturated rings. The summed E-state index contributed by atoms with van der Waals surface area (Å²) in [6.45, 7) is 8.17. The first-order valence-corrected chi connectivity index (χ1v) is 8.00. The molecule has 0 aromatic heterocycles. The lowest BCUT2D eigenvalue weighted by molar-refractivity contribution is 0.121. The zero-order valence-electron chi connectivity index (χ0n) is 11.9. The molecule has 19 heavy (non-hydrogen) atoms. The number of amidine groups is 1. The summed E-state index contributed by atoms with van der Waals surface area (Å²) >= 11 is 0. The van der Waals surface area contributed by atoms with Crippen molar-refractivity contribution in [3.63, 3.8) is 0 Å². The van der Waals surface area contributed by atoms with Gasteiger partial charge in [0.2, 0.25) is 0 Å². The lowest BCUT2D eigenvalue weighted by Gasteiger charge is -2.42. The zero-order valence-corrected chi connectivity index (χ0v) is 12.8. The molecule has 0 amide bonds. The van der Waals surface area contributed by atoms with Gasteiger partial charge in [0.25, 0.3) is 10.2 Å². The van der Waals surface area contributed by atoms with Crippen molar-refractivity contribution in [2.75, 3.05) is 32.7 Å². The standard InChI is InChI=1S/C11H25N5O2S/c1-4-5-14-19(17,18)16-8-6-15(7-9-16)11(2,3)10(12)13/h14H,4-9H2,1-3H3,(H3,12,13). The Hall–Kier alpha value is -0.700. The van der Waals surface area contributed by atoms with Gasteiger partial charge in [-0.2, -0.15) is 12.7 Å². The molecule has 1 heterocycles. The second-order valence-electron chi connectivity index (χ2n) is 5.26. The first-order valence-electron chi connectivity index (χ1n) is 6.56. The number of nitrogens with two attached hydrogens (primary N) is 1. The summed E-state index contributed by atoms with van der Waals surface area (Å²) in [7, 11) is -3.36. The molecule has 0 saturated carbocycles. The predicted molar refractivity (Wildman–Crippen MR) is 76.4 cm³/mol. The van der Waals surface area contributed by atoms with Crippen LogP contribution in [0.4, 0.5) is 0 Å². The van der Waals surface area contributed by atoms with E-state index in [2.05, 4.69) is 4.72 Å². The van der Waals surface area contributed by atoms with E-state index < -0.39 is 15.7 Å². The van der Waals surface area contributed by atoms with E-state index in [4.69, 9.17) is 11.1 Å². The Morgan fingerprint density at radius 3 is 2.26 bits per heavy atom. The first kappa shape index (κ1) is 16.4. The van der Waals surface area contributed by atoms with E-state index in [9.17, 15) is 8.42 Å². The molecule has 0 spiro atoms. The average Bonchev–Trinajstić information content (AvgIpc) is 2.36. The Morgan fingerprint density at radius 1 is 1.32 bits per heavy atom. The summed E-state index contributed by atoms with van der Waals surface area (Å²) in [5, 5.41) is 7.59. The Morgan fingerprint density at radius 2 is 1.84 bits per heavy atom. The summed E-state index contributed by atoms with van der Waals surface area (Å²) in [6.07, 6.45) is 0.774. The second kappa shape index (κ2) is 6.17. The number of rotatable bonds is 6. The predicted octanol–water partition coefficient (Wildman–Crippen LogP) is -0.437. The van der Waals surface area contributed by atoms with Gasteiger partial charge in [-0.1, -0.05) is 6.92 Å². The normalized spacial score (nSPS) is 19.5. The van der Waals surface area contributed by atoms with Crippen molar-refractivity contribution >= 4 is 16.0 Å². The quantitative estimate of drug-likeness (QED) is 0.456. The third kappa shape index (κ3) is 3.88. The molecule has 112 valence electrons. The van der Waals surface area contributed by atoms with E-state index >= 15 is 0 Å². The van der Waals surface area contributed by atoms with Gasteiger partial charge in [-0.25, -0.2) is 4.72 Å². The molecular weight excluding hydrogens is 266 g/mol. The second-order valence-corrected chi connectivity index (χ2v) is 7.01. The van der Waals surface area contributed by atoms with Crippen molar-refractivity contribution in [2.24, 2.45) is 5.73 Å². The van der Waals surface area contributed by atoms with E-state index in [1.807, 2.05) is 25.7 Å². The van der Waals surface area contributed by atoms with Crippen LogP contribution in [-0.4, -0.2) is 61.7 Å². The van der Waals surface area contributed by atoms with Gasteiger partial charge in [-0.05, 0) is 20.3 Å². The maximum Gasteiger partial charge on any atom is 0.279 e. The third-order valence-electron chi connectivity index (χ3n) is 3.56. The van der Waals surface area contributed by atoms with Crippen LogP contribution in [-0.2, 0) is 10.2 Å². The Labute approximate surface area is 115 Å². The summed E-state index contributed by atoms with van der Waals surface area (Å²) in [4.78, 5) is 2.04. The molecule has 0 atom stereocenters. The molecule has 0 aromatic rings. The lowest BCUT2D eigenvalue weighted by Crippen LogP contribution is -2.61. The number of nitrogens with zero attached hydrogens (tertiary/aromatic N) is 2. The van der Waals surface area contributed by atoms with E-state index in [1.54, 1.807) is 0 Å². The fraction of sp³-hybridized carbons (Fsp3) is 0.909. The highest BCUT2D eigenvalue weighted by Crippen LogP contribution is 2.17. The van der Waals surface area contributed by atoms with E-state index in [0.29, 0.717) is 32.7 Å². The van der Waals surface area contributed by atoms with Crippen LogP contribution in [0.5, 0.6) is 0 Å². The topological polar surface area (TPSA) is 103 Å². The molecule has 1 aliphatic heterocycles.